The van der Waals surface area contributed by atoms with E-state index in [1.54, 1.807) is 12.1 Å². The minimum absolute atomic E-state index is 0.0150. The van der Waals surface area contributed by atoms with Gasteiger partial charge in [-0.05, 0) is 18.1 Å². The van der Waals surface area contributed by atoms with Gasteiger partial charge in [-0.2, -0.15) is 0 Å². The number of anilines is 1. The van der Waals surface area contributed by atoms with Crippen molar-refractivity contribution in [3.63, 3.8) is 0 Å². The van der Waals surface area contributed by atoms with Crippen molar-refractivity contribution >= 4 is 17.6 Å². The molecule has 1 aromatic rings. The number of rotatable bonds is 5. The van der Waals surface area contributed by atoms with Gasteiger partial charge in [0.2, 0.25) is 5.91 Å². The van der Waals surface area contributed by atoms with E-state index in [-0.39, 0.29) is 11.8 Å². The first-order chi connectivity index (χ1) is 8.54. The molecule has 3 amide bonds. The monoisotopic (exact) mass is 249 g/mol. The highest BCUT2D eigenvalue weighted by atomic mass is 16.2. The number of primary amides is 1. The summed E-state index contributed by atoms with van der Waals surface area (Å²) in [7, 11) is 0. The van der Waals surface area contributed by atoms with Crippen LogP contribution < -0.4 is 16.4 Å². The molecule has 5 heteroatoms. The highest BCUT2D eigenvalue weighted by Crippen LogP contribution is 2.11. The van der Waals surface area contributed by atoms with Gasteiger partial charge in [-0.25, -0.2) is 4.79 Å². The van der Waals surface area contributed by atoms with E-state index in [0.29, 0.717) is 5.69 Å². The lowest BCUT2D eigenvalue weighted by atomic mass is 9.98. The van der Waals surface area contributed by atoms with Gasteiger partial charge >= 0.3 is 6.03 Å². The standard InChI is InChI=1S/C13H19N3O2/c1-3-9(2)11(16-13(14)18)12(17)15-10-7-5-4-6-8-10/h4-9,11H,3H2,1-2H3,(H,15,17)(H3,14,16,18)/t9-,11-/m0/s1. The summed E-state index contributed by atoms with van der Waals surface area (Å²) < 4.78 is 0. The molecule has 1 rings (SSSR count). The number of carbonyl (C=O) groups excluding carboxylic acids is 2. The van der Waals surface area contributed by atoms with Crippen LogP contribution in [0.25, 0.3) is 0 Å². The quantitative estimate of drug-likeness (QED) is 0.742. The largest absolute Gasteiger partial charge is 0.352 e. The number of benzene rings is 1. The van der Waals surface area contributed by atoms with Crippen LogP contribution in [0.5, 0.6) is 0 Å². The van der Waals surface area contributed by atoms with Gasteiger partial charge in [0.05, 0.1) is 0 Å². The van der Waals surface area contributed by atoms with Crippen molar-refractivity contribution in [3.8, 4) is 0 Å². The van der Waals surface area contributed by atoms with Crippen molar-refractivity contribution in [2.45, 2.75) is 26.3 Å². The van der Waals surface area contributed by atoms with E-state index in [1.807, 2.05) is 32.0 Å². The fraction of sp³-hybridized carbons (Fsp3) is 0.385. The topological polar surface area (TPSA) is 84.2 Å². The summed E-state index contributed by atoms with van der Waals surface area (Å²) in [5.41, 5.74) is 5.78. The predicted molar refractivity (Wildman–Crippen MR) is 71.0 cm³/mol. The van der Waals surface area contributed by atoms with Gasteiger partial charge in [-0.3, -0.25) is 4.79 Å². The van der Waals surface area contributed by atoms with Crippen molar-refractivity contribution in [1.29, 1.82) is 0 Å². The summed E-state index contributed by atoms with van der Waals surface area (Å²) in [5, 5.41) is 5.23. The normalized spacial score (nSPS) is 13.4. The first-order valence-electron chi connectivity index (χ1n) is 5.96. The van der Waals surface area contributed by atoms with Crippen molar-refractivity contribution < 1.29 is 9.59 Å². The summed E-state index contributed by atoms with van der Waals surface area (Å²) in [6.45, 7) is 3.85. The molecule has 0 unspecified atom stereocenters. The average Bonchev–Trinajstić information content (AvgIpc) is 2.36. The van der Waals surface area contributed by atoms with Crippen LogP contribution >= 0.6 is 0 Å². The van der Waals surface area contributed by atoms with Gasteiger partial charge < -0.3 is 16.4 Å². The third-order valence-corrected chi connectivity index (χ3v) is 2.83. The number of nitrogens with one attached hydrogen (secondary N) is 2. The number of amides is 3. The Morgan fingerprint density at radius 1 is 1.28 bits per heavy atom. The zero-order chi connectivity index (χ0) is 13.5. The van der Waals surface area contributed by atoms with Gasteiger partial charge in [-0.15, -0.1) is 0 Å². The van der Waals surface area contributed by atoms with Gasteiger partial charge in [0.15, 0.2) is 0 Å². The van der Waals surface area contributed by atoms with E-state index in [2.05, 4.69) is 10.6 Å². The second-order valence-corrected chi connectivity index (χ2v) is 4.23. The number of nitrogens with two attached hydrogens (primary N) is 1. The van der Waals surface area contributed by atoms with Gasteiger partial charge in [-0.1, -0.05) is 38.5 Å². The Hall–Kier alpha value is -2.04. The Kier molecular flexibility index (Phi) is 5.17. The van der Waals surface area contributed by atoms with Crippen LogP contribution in [0.1, 0.15) is 20.3 Å². The van der Waals surface area contributed by atoms with Gasteiger partial charge in [0.1, 0.15) is 6.04 Å². The molecule has 0 saturated heterocycles. The molecule has 0 radical (unpaired) electrons. The zero-order valence-corrected chi connectivity index (χ0v) is 10.6. The molecule has 18 heavy (non-hydrogen) atoms. The maximum Gasteiger partial charge on any atom is 0.312 e. The first-order valence-corrected chi connectivity index (χ1v) is 5.96. The molecule has 98 valence electrons. The maximum atomic E-state index is 12.1. The molecule has 0 aliphatic rings. The molecular weight excluding hydrogens is 230 g/mol. The number of hydrogen-bond acceptors (Lipinski definition) is 2. The molecule has 0 saturated carbocycles. The minimum Gasteiger partial charge on any atom is -0.352 e. The Bertz CT molecular complexity index is 406. The van der Waals surface area contributed by atoms with Crippen molar-refractivity contribution in [2.75, 3.05) is 5.32 Å². The third kappa shape index (κ3) is 4.08. The van der Waals surface area contributed by atoms with Gasteiger partial charge in [0.25, 0.3) is 0 Å². The van der Waals surface area contributed by atoms with Crippen LogP contribution in [0.15, 0.2) is 30.3 Å². The lowest BCUT2D eigenvalue weighted by Crippen LogP contribution is -2.49. The highest BCUT2D eigenvalue weighted by molar-refractivity contribution is 5.97. The van der Waals surface area contributed by atoms with E-state index in [1.165, 1.54) is 0 Å². The molecule has 4 N–H and O–H groups in total. The van der Waals surface area contributed by atoms with E-state index >= 15 is 0 Å². The molecule has 0 aromatic heterocycles. The molecule has 0 aliphatic heterocycles. The third-order valence-electron chi connectivity index (χ3n) is 2.83. The number of hydrogen-bond donors (Lipinski definition) is 3. The van der Waals surface area contributed by atoms with E-state index in [9.17, 15) is 9.59 Å². The van der Waals surface area contributed by atoms with Crippen molar-refractivity contribution in [3.05, 3.63) is 30.3 Å². The second kappa shape index (κ2) is 6.64. The van der Waals surface area contributed by atoms with Crippen molar-refractivity contribution in [2.24, 2.45) is 11.7 Å². The van der Waals surface area contributed by atoms with Crippen LogP contribution in [0.3, 0.4) is 0 Å². The average molecular weight is 249 g/mol. The van der Waals surface area contributed by atoms with E-state index < -0.39 is 12.1 Å². The molecule has 0 fully saturated rings. The maximum absolute atomic E-state index is 12.1. The smallest absolute Gasteiger partial charge is 0.312 e. The van der Waals surface area contributed by atoms with Crippen LogP contribution in [-0.2, 0) is 4.79 Å². The number of carbonyl (C=O) groups is 2. The van der Waals surface area contributed by atoms with Crippen LogP contribution in [0.2, 0.25) is 0 Å². The molecule has 0 aliphatic carbocycles. The Labute approximate surface area is 107 Å². The Morgan fingerprint density at radius 2 is 1.89 bits per heavy atom. The SMILES string of the molecule is CC[C@H](C)[C@H](NC(N)=O)C(=O)Nc1ccccc1. The summed E-state index contributed by atoms with van der Waals surface area (Å²) in [4.78, 5) is 23.0. The lowest BCUT2D eigenvalue weighted by Gasteiger charge is -2.22. The number of para-hydroxylation sites is 1. The van der Waals surface area contributed by atoms with Gasteiger partial charge in [0, 0.05) is 5.69 Å². The molecular formula is C13H19N3O2. The molecule has 0 heterocycles. The predicted octanol–water partition coefficient (Wildman–Crippen LogP) is 1.71. The lowest BCUT2D eigenvalue weighted by molar-refractivity contribution is -0.119. The summed E-state index contributed by atoms with van der Waals surface area (Å²) >= 11 is 0. The summed E-state index contributed by atoms with van der Waals surface area (Å²) in [6.07, 6.45) is 0.771. The molecule has 2 atom stereocenters. The molecule has 0 spiro atoms. The molecule has 1 aromatic carbocycles. The molecule has 0 bridgehead atoms. The summed E-state index contributed by atoms with van der Waals surface area (Å²) in [5.74, 6) is -0.240. The van der Waals surface area contributed by atoms with Crippen LogP contribution in [-0.4, -0.2) is 18.0 Å². The van der Waals surface area contributed by atoms with E-state index in [4.69, 9.17) is 5.73 Å². The fourth-order valence-corrected chi connectivity index (χ4v) is 1.60. The fourth-order valence-electron chi connectivity index (χ4n) is 1.60. The van der Waals surface area contributed by atoms with Crippen molar-refractivity contribution in [1.82, 2.24) is 5.32 Å². The van der Waals surface area contributed by atoms with Crippen LogP contribution in [0, 0.1) is 5.92 Å². The Morgan fingerprint density at radius 3 is 2.39 bits per heavy atom. The Balaban J connectivity index is 2.73. The van der Waals surface area contributed by atoms with E-state index in [0.717, 1.165) is 6.42 Å². The summed E-state index contributed by atoms with van der Waals surface area (Å²) in [6, 6.07) is 7.79. The molecule has 5 nitrogen and oxygen atoms in total. The first kappa shape index (κ1) is 14.0. The second-order valence-electron chi connectivity index (χ2n) is 4.23. The highest BCUT2D eigenvalue weighted by Gasteiger charge is 2.25. The zero-order valence-electron chi connectivity index (χ0n) is 10.6. The van der Waals surface area contributed by atoms with Crippen LogP contribution in [0.4, 0.5) is 10.5 Å². The number of urea groups is 1. The minimum atomic E-state index is -0.691.